The molecule has 8 rings (SSSR count). The second-order valence-electron chi connectivity index (χ2n) is 13.6. The molecule has 0 aliphatic carbocycles. The zero-order valence-corrected chi connectivity index (χ0v) is 26.4. The van der Waals surface area contributed by atoms with Gasteiger partial charge < -0.3 is 9.13 Å². The van der Waals surface area contributed by atoms with Gasteiger partial charge in [-0.2, -0.15) is 0 Å². The topological polar surface area (TPSA) is 9.86 Å². The van der Waals surface area contributed by atoms with Gasteiger partial charge in [-0.05, 0) is 81.4 Å². The maximum absolute atomic E-state index is 9.80. The van der Waals surface area contributed by atoms with E-state index in [0.717, 1.165) is 5.56 Å². The molecule has 0 saturated carbocycles. The molecule has 46 heavy (non-hydrogen) atoms. The first-order valence-electron chi connectivity index (χ1n) is 22.6. The molecular weight excluding hydrogens is 556 g/mol. The third kappa shape index (κ3) is 4.55. The van der Waals surface area contributed by atoms with Crippen LogP contribution >= 0.6 is 0 Å². The van der Waals surface area contributed by atoms with E-state index in [1.807, 2.05) is 53.7 Å². The molecule has 2 heteroatoms. The second kappa shape index (κ2) is 10.2. The van der Waals surface area contributed by atoms with Crippen LogP contribution in [0.4, 0.5) is 0 Å². The smallest absolute Gasteiger partial charge is 0.0651 e. The molecule has 0 unspecified atom stereocenters. The van der Waals surface area contributed by atoms with Crippen LogP contribution in [0.3, 0.4) is 0 Å². The van der Waals surface area contributed by atoms with Crippen molar-refractivity contribution >= 4 is 43.6 Å². The van der Waals surface area contributed by atoms with Crippen LogP contribution < -0.4 is 0 Å². The van der Waals surface area contributed by atoms with Gasteiger partial charge in [-0.3, -0.25) is 0 Å². The summed E-state index contributed by atoms with van der Waals surface area (Å²) in [5.74, 6) is 0. The fourth-order valence-electron chi connectivity index (χ4n) is 6.00. The van der Waals surface area contributed by atoms with Crippen molar-refractivity contribution in [3.63, 3.8) is 0 Å². The molecule has 2 aromatic heterocycles. The first kappa shape index (κ1) is 16.5. The van der Waals surface area contributed by atoms with E-state index in [0.29, 0.717) is 27.2 Å². The summed E-state index contributed by atoms with van der Waals surface area (Å²) in [6.07, 6.45) is 0. The molecule has 2 heterocycles. The molecule has 0 amide bonds. The number of para-hydroxylation sites is 2. The molecule has 0 radical (unpaired) electrons. The highest BCUT2D eigenvalue weighted by Crippen LogP contribution is 2.38. The molecule has 0 bridgehead atoms. The van der Waals surface area contributed by atoms with E-state index >= 15 is 0 Å². The van der Waals surface area contributed by atoms with Crippen molar-refractivity contribution in [2.75, 3.05) is 0 Å². The highest BCUT2D eigenvalue weighted by Gasteiger charge is 2.20. The van der Waals surface area contributed by atoms with E-state index in [1.54, 1.807) is 18.2 Å². The van der Waals surface area contributed by atoms with Crippen molar-refractivity contribution in [1.29, 1.82) is 0 Å². The Hall–Kier alpha value is -5.08. The van der Waals surface area contributed by atoms with Gasteiger partial charge in [0, 0.05) is 32.9 Å². The number of rotatable bonds is 3. The van der Waals surface area contributed by atoms with Crippen LogP contribution in [0.2, 0.25) is 0 Å². The highest BCUT2D eigenvalue weighted by atomic mass is 15.0. The Morgan fingerprint density at radius 3 is 1.46 bits per heavy atom. The Morgan fingerprint density at radius 1 is 0.435 bits per heavy atom. The summed E-state index contributed by atoms with van der Waals surface area (Å²) in [5, 5.41) is 1.57. The lowest BCUT2D eigenvalue weighted by atomic mass is 9.86. The zero-order chi connectivity index (χ0) is 44.8. The number of hydrogen-bond donors (Lipinski definition) is 0. The molecule has 0 atom stereocenters. The molecule has 0 aliphatic heterocycles. The molecule has 0 spiro atoms. The normalized spacial score (nSPS) is 17.1. The van der Waals surface area contributed by atoms with Crippen LogP contribution in [0.1, 0.15) is 73.2 Å². The van der Waals surface area contributed by atoms with Gasteiger partial charge in [-0.25, -0.2) is 0 Å². The molecule has 6 aromatic carbocycles. The van der Waals surface area contributed by atoms with Crippen LogP contribution in [0.5, 0.6) is 0 Å². The predicted octanol–water partition coefficient (Wildman–Crippen LogP) is 12.1. The lowest BCUT2D eigenvalue weighted by Gasteiger charge is -2.20. The third-order valence-corrected chi connectivity index (χ3v) is 8.46. The Labute approximate surface area is 292 Å². The largest absolute Gasteiger partial charge is 0.309 e. The first-order valence-corrected chi connectivity index (χ1v) is 15.1. The van der Waals surface area contributed by atoms with Crippen LogP contribution in [0, 0.1) is 0 Å². The summed E-state index contributed by atoms with van der Waals surface area (Å²) in [6, 6.07) is 4.19. The van der Waals surface area contributed by atoms with Crippen LogP contribution in [0.25, 0.3) is 66.1 Å². The van der Waals surface area contributed by atoms with Gasteiger partial charge in [0.1, 0.15) is 0 Å². The van der Waals surface area contributed by atoms with Gasteiger partial charge in [0.05, 0.1) is 42.6 Å². The van der Waals surface area contributed by atoms with Crippen molar-refractivity contribution < 1.29 is 20.6 Å². The quantitative estimate of drug-likeness (QED) is 0.188. The summed E-state index contributed by atoms with van der Waals surface area (Å²) < 4.78 is 139. The van der Waals surface area contributed by atoms with E-state index in [1.165, 1.54) is 21.3 Å². The second-order valence-corrected chi connectivity index (χ2v) is 13.6. The Kier molecular flexibility index (Phi) is 3.66. The molecule has 2 nitrogen and oxygen atoms in total. The van der Waals surface area contributed by atoms with Crippen LogP contribution in [-0.2, 0) is 10.8 Å². The number of benzene rings is 6. The van der Waals surface area contributed by atoms with Gasteiger partial charge >= 0.3 is 0 Å². The van der Waals surface area contributed by atoms with Gasteiger partial charge in [0.25, 0.3) is 0 Å². The third-order valence-electron chi connectivity index (χ3n) is 8.46. The Balaban J connectivity index is 1.57. The maximum atomic E-state index is 9.80. The summed E-state index contributed by atoms with van der Waals surface area (Å²) in [4.78, 5) is 0. The number of fused-ring (bicyclic) bond motifs is 6. The molecule has 0 saturated heterocycles. The molecule has 0 N–H and O–H groups in total. The van der Waals surface area contributed by atoms with E-state index in [9.17, 15) is 9.60 Å². The van der Waals surface area contributed by atoms with Gasteiger partial charge in [-0.1, -0.05) is 126 Å². The number of nitrogens with zero attached hydrogens (tertiary/aromatic N) is 2. The van der Waals surface area contributed by atoms with Gasteiger partial charge in [0.2, 0.25) is 0 Å². The lowest BCUT2D eigenvalue weighted by molar-refractivity contribution is 0.590. The van der Waals surface area contributed by atoms with Crippen molar-refractivity contribution in [2.24, 2.45) is 0 Å². The van der Waals surface area contributed by atoms with Crippen LogP contribution in [0.15, 0.2) is 133 Å². The van der Waals surface area contributed by atoms with E-state index in [4.69, 9.17) is 11.0 Å². The SMILES string of the molecule is [2H]c1cc2c3ccc(C(C)(C)C)cc3n(-c3c([2H])c([2H])c([2H])c(-c4c([2H])c([2H])c([2H])c(-n5c6c([2H])c(C(C)(C)C)ccc6c6cc([2H])c([2H])c([2H])c65)c4[2H])c3[2H])c2c([2H])c1[2H]. The number of hydrogen-bond acceptors (Lipinski definition) is 0. The summed E-state index contributed by atoms with van der Waals surface area (Å²) in [5.41, 5.74) is -0.698. The summed E-state index contributed by atoms with van der Waals surface area (Å²) in [6.45, 7) is 11.7. The van der Waals surface area contributed by atoms with E-state index in [-0.39, 0.29) is 57.5 Å². The minimum atomic E-state index is -0.729. The zero-order valence-electron chi connectivity index (χ0n) is 41.4. The summed E-state index contributed by atoms with van der Waals surface area (Å²) in [7, 11) is 0. The average molecular weight is 612 g/mol. The molecule has 226 valence electrons. The molecule has 0 aliphatic rings. The van der Waals surface area contributed by atoms with Crippen LogP contribution in [-0.4, -0.2) is 9.13 Å². The standard InChI is InChI=1S/C44H40N2/c1-43(2,3)31-21-23-37-35-17-7-9-19-39(35)45(41(37)27-31)33-15-11-13-29(25-33)30-14-12-16-34(26-30)46-40-20-10-8-18-36(40)38-24-22-32(28-42(38)46)44(4,5)6/h7-28H,1-6H3/i7D,8D,9D,10D,11D,12D,13D,14D,15D,16D,19D,20D,25D,26D,27D. The maximum Gasteiger partial charge on any atom is 0.0651 e. The Morgan fingerprint density at radius 2 is 0.913 bits per heavy atom. The summed E-state index contributed by atoms with van der Waals surface area (Å²) >= 11 is 0. The van der Waals surface area contributed by atoms with E-state index in [2.05, 4.69) is 0 Å². The molecular formula is C44H40N2. The highest BCUT2D eigenvalue weighted by molar-refractivity contribution is 6.10. The fraction of sp³-hybridized carbons (Fsp3) is 0.182. The van der Waals surface area contributed by atoms with E-state index < -0.39 is 88.4 Å². The monoisotopic (exact) mass is 611 g/mol. The lowest BCUT2D eigenvalue weighted by Crippen LogP contribution is -2.10. The predicted molar refractivity (Wildman–Crippen MR) is 198 cm³/mol. The van der Waals surface area contributed by atoms with Crippen molar-refractivity contribution in [1.82, 2.24) is 9.13 Å². The average Bonchev–Trinajstić information content (AvgIpc) is 3.67. The Bertz CT molecular complexity index is 3270. The molecule has 8 aromatic rings. The van der Waals surface area contributed by atoms with Gasteiger partial charge in [-0.15, -0.1) is 0 Å². The molecule has 0 fully saturated rings. The first-order chi connectivity index (χ1) is 28.3. The van der Waals surface area contributed by atoms with Crippen molar-refractivity contribution in [3.8, 4) is 22.5 Å². The minimum Gasteiger partial charge on any atom is -0.309 e. The van der Waals surface area contributed by atoms with Crippen molar-refractivity contribution in [2.45, 2.75) is 52.4 Å². The van der Waals surface area contributed by atoms with Crippen molar-refractivity contribution in [3.05, 3.63) is 144 Å². The minimum absolute atomic E-state index is 0.0240. The fourth-order valence-corrected chi connectivity index (χ4v) is 6.00. The number of aromatic nitrogens is 2. The van der Waals surface area contributed by atoms with Gasteiger partial charge in [0.15, 0.2) is 0 Å².